The molecular weight excluding hydrogens is 2430 g/mol. The van der Waals surface area contributed by atoms with Gasteiger partial charge in [0.1, 0.15) is 58.2 Å². The van der Waals surface area contributed by atoms with Gasteiger partial charge in [0.2, 0.25) is 0 Å². The topological polar surface area (TPSA) is 419 Å². The number of hydrogen-bond donors (Lipinski definition) is 8. The van der Waals surface area contributed by atoms with E-state index in [9.17, 15) is 127 Å². The van der Waals surface area contributed by atoms with Crippen LogP contribution < -0.4 is 23.2 Å². The second kappa shape index (κ2) is 47.7. The molecule has 0 unspecified atom stereocenters. The maximum atomic E-state index is 14.9. The molecule has 0 saturated heterocycles. The van der Waals surface area contributed by atoms with Crippen molar-refractivity contribution in [3.8, 4) is 89.8 Å². The van der Waals surface area contributed by atoms with Crippen LogP contribution >= 0.6 is 159 Å². The summed E-state index contributed by atoms with van der Waals surface area (Å²) >= 11 is 56.5. The molecule has 0 radical (unpaired) electrons. The van der Waals surface area contributed by atoms with Gasteiger partial charge in [-0.25, -0.2) is 60.5 Å². The minimum atomic E-state index is -5.27. The second-order valence-electron chi connectivity index (χ2n) is 30.5. The number of carbonyl (C=O) groups is 3. The van der Waals surface area contributed by atoms with Crippen molar-refractivity contribution in [2.75, 3.05) is 16.1 Å². The number of aromatic nitrogens is 1. The van der Waals surface area contributed by atoms with Gasteiger partial charge in [0, 0.05) is 83.1 Å². The number of rotatable bonds is 24. The molecule has 52 heteroatoms. The molecule has 26 nitrogen and oxygen atoms in total. The number of sulfone groups is 3. The first-order chi connectivity index (χ1) is 69.8. The third-order valence-electron chi connectivity index (χ3n) is 20.3. The van der Waals surface area contributed by atoms with Crippen LogP contribution in [0.5, 0.6) is 46.0 Å². The number of aromatic hydroxyl groups is 5. The summed E-state index contributed by atoms with van der Waals surface area (Å²) in [6.07, 6.45) is -9.02. The van der Waals surface area contributed by atoms with Gasteiger partial charge < -0.3 is 50.0 Å². The van der Waals surface area contributed by atoms with Crippen LogP contribution in [-0.4, -0.2) is 120 Å². The van der Waals surface area contributed by atoms with Crippen LogP contribution in [0, 0.1) is 23.5 Å². The Morgan fingerprint density at radius 3 is 1.40 bits per heavy atom. The number of sulfonamides is 2. The van der Waals surface area contributed by atoms with E-state index in [0.717, 1.165) is 91.4 Å². The molecule has 1 amide bonds. The van der Waals surface area contributed by atoms with Gasteiger partial charge in [0.15, 0.2) is 58.3 Å². The molecule has 0 bridgehead atoms. The first kappa shape index (κ1) is 116. The predicted octanol–water partition coefficient (Wildman–Crippen LogP) is 28.2. The van der Waals surface area contributed by atoms with Gasteiger partial charge in [-0.05, 0) is 180 Å². The minimum Gasteiger partial charge on any atom is -0.505 e. The Kier molecular flexibility index (Phi) is 37.1. The van der Waals surface area contributed by atoms with E-state index in [4.69, 9.17) is 97.5 Å². The molecule has 0 saturated carbocycles. The van der Waals surface area contributed by atoms with Gasteiger partial charge >= 0.3 is 24.7 Å². The lowest BCUT2D eigenvalue weighted by atomic mass is 10.0. The van der Waals surface area contributed by atoms with Gasteiger partial charge in [-0.2, -0.15) is 4.31 Å². The third-order valence-corrected chi connectivity index (χ3v) is 34.5. The Morgan fingerprint density at radius 1 is 0.450 bits per heavy atom. The Hall–Kier alpha value is -12.0. The van der Waals surface area contributed by atoms with Gasteiger partial charge in [-0.1, -0.05) is 209 Å². The summed E-state index contributed by atoms with van der Waals surface area (Å²) in [5, 5.41) is 69.8. The first-order valence-corrected chi connectivity index (χ1v) is 55.9. The number of aromatic carboxylic acids is 2. The normalized spacial score (nSPS) is 11.7. The van der Waals surface area contributed by atoms with E-state index in [2.05, 4.69) is 62.9 Å². The SMILES string of the molecule is CC#Cc1cc(Cl)ccc1CS(=O)(=O)c1cc(Br)cc(Cl)c1O.COc1cc(F)c(-c2cc3ccccc3s2)cc1NS(=O)(=O)c1cc(C(=O)O)cc(Cl)c1O.O=C(O)c1cc(Cl)c(O)c(S(=O)(=O)Cc2cc(-c3cc4ccccc4s3)c(F)cc2OC(F)(F)F)c1.O=C(c1cncs1)N(c1ccc(Cl)cc1)S(=O)(=O)c1cc(Br)cc(Cl)c1O.O=S(=O)(Cc1cc(-c2ccccc2)ccc1OC(F)(F)F)c1cc(Cl)cc(Cl)c1O. The summed E-state index contributed by atoms with van der Waals surface area (Å²) in [6.45, 7) is 1.65. The Labute approximate surface area is 910 Å². The van der Waals surface area contributed by atoms with Crippen molar-refractivity contribution in [1.29, 1.82) is 0 Å². The zero-order valence-corrected chi connectivity index (χ0v) is 90.2. The van der Waals surface area contributed by atoms with E-state index in [-0.39, 0.29) is 69.4 Å². The molecule has 8 N–H and O–H groups in total. The molecule has 3 heterocycles. The molecule has 0 spiro atoms. The summed E-state index contributed by atoms with van der Waals surface area (Å²) in [5.74, 6) is -7.90. The van der Waals surface area contributed by atoms with Crippen LogP contribution in [0.1, 0.15) is 59.6 Å². The maximum Gasteiger partial charge on any atom is 0.573 e. The van der Waals surface area contributed by atoms with Crippen molar-refractivity contribution < 1.29 is 142 Å². The largest absolute Gasteiger partial charge is 0.573 e. The summed E-state index contributed by atoms with van der Waals surface area (Å²) in [5.41, 5.74) is 1.68. The van der Waals surface area contributed by atoms with E-state index in [0.29, 0.717) is 67.4 Å². The fourth-order valence-electron chi connectivity index (χ4n) is 13.6. The molecule has 0 aliphatic rings. The minimum absolute atomic E-state index is 0.0392. The van der Waals surface area contributed by atoms with Gasteiger partial charge in [0.05, 0.1) is 83.7 Å². The van der Waals surface area contributed by atoms with Crippen molar-refractivity contribution in [3.05, 3.63) is 347 Å². The zero-order valence-electron chi connectivity index (χ0n) is 74.4. The van der Waals surface area contributed by atoms with Crippen LogP contribution in [0.3, 0.4) is 0 Å². The smallest absolute Gasteiger partial charge is 0.505 e. The average Bonchev–Trinajstić information content (AvgIpc) is 1.66. The molecule has 0 atom stereocenters. The summed E-state index contributed by atoms with van der Waals surface area (Å²) in [4.78, 5) is 37.3. The molecule has 16 rings (SSSR count). The van der Waals surface area contributed by atoms with Gasteiger partial charge in [-0.3, -0.25) is 14.5 Å². The number of thiophene rings is 2. The van der Waals surface area contributed by atoms with Crippen molar-refractivity contribution in [2.45, 2.75) is 61.4 Å². The van der Waals surface area contributed by atoms with E-state index >= 15 is 0 Å². The van der Waals surface area contributed by atoms with E-state index in [1.165, 1.54) is 96.9 Å². The maximum absolute atomic E-state index is 14.9. The lowest BCUT2D eigenvalue weighted by molar-refractivity contribution is -0.275. The number of fused-ring (bicyclic) bond motifs is 2. The number of phenolic OH excluding ortho intramolecular Hbond substituents is 5. The number of ether oxygens (including phenoxy) is 3. The number of nitrogens with one attached hydrogen (secondary N) is 1. The predicted molar refractivity (Wildman–Crippen MR) is 561 cm³/mol. The summed E-state index contributed by atoms with van der Waals surface area (Å²) in [6, 6.07) is 54.9. The van der Waals surface area contributed by atoms with Crippen LogP contribution in [0.2, 0.25) is 40.2 Å². The zero-order chi connectivity index (χ0) is 109. The quantitative estimate of drug-likeness (QED) is 0.0206. The monoisotopic (exact) mass is 2480 g/mol. The number of halogens is 18. The number of benzene rings is 13. The fourth-order valence-corrected chi connectivity index (χ4v) is 27.2. The summed E-state index contributed by atoms with van der Waals surface area (Å²) < 4.78 is 256. The molecule has 16 aromatic rings. The van der Waals surface area contributed by atoms with Crippen LogP contribution in [0.15, 0.2) is 282 Å². The van der Waals surface area contributed by atoms with Crippen LogP contribution in [0.4, 0.5) is 46.5 Å². The van der Waals surface area contributed by atoms with Crippen molar-refractivity contribution >= 4 is 258 Å². The Balaban J connectivity index is 0.000000166. The number of alkyl halides is 6. The number of carboxylic acid groups (broad SMARTS) is 2. The Bertz CT molecular complexity index is 8580. The molecule has 776 valence electrons. The standard InChI is InChI=1S/C23H13ClF4O6S2.C22H15ClFNO6S2.C20H13Cl2F3O4S.C16H9BrCl2N2O4S2.C16H11BrCl2O3S/c24-15-6-12(22(30)31)8-20(21(15)29)36(32,33)10-13-5-14(16(25)9-17(13)34-23(26,27)28)19-7-11-3-1-2-4-18(11)35-19;1-31-17-10-15(24)13(19-7-11-4-2-3-5-18(11)32-19)9-16(17)25-33(29,30)20-8-12(22(27)28)6-14(23)21(20)26;21-15-9-16(22)19(26)18(10-15)30(27,28)11-14-8-13(12-4-2-1-3-5-12)6-7-17(14)29-20(23,24)25;17-9-5-12(19)15(22)14(6-9)27(24,25)21(11-3-1-10(18)2-4-11)16(23)13-7-20-8-26-13;1-2-3-10-6-13(18)5-4-11(10)9-23(21,22)15-8-12(17)7-14(19)16(15)20/h1-9,29H,10H2,(H,30,31);2-10,25-26H,1H3,(H,27,28);1-10,26H,11H2;1-8,22H;4-8,20H,9H2,1H3. The number of carbonyl (C=O) groups excluding carboxylic acids is 1. The van der Waals surface area contributed by atoms with E-state index in [1.54, 1.807) is 91.9 Å². The summed E-state index contributed by atoms with van der Waals surface area (Å²) in [7, 11) is -20.7. The van der Waals surface area contributed by atoms with Gasteiger partial charge in [0.25, 0.3) is 26.0 Å². The van der Waals surface area contributed by atoms with Crippen molar-refractivity contribution in [2.24, 2.45) is 0 Å². The lowest BCUT2D eigenvalue weighted by Gasteiger charge is -2.23. The van der Waals surface area contributed by atoms with Crippen LogP contribution in [-0.2, 0) is 66.8 Å². The number of hydrogen-bond acceptors (Lipinski definition) is 25. The molecule has 0 aliphatic heterocycles. The number of amides is 1. The van der Waals surface area contributed by atoms with Crippen molar-refractivity contribution in [1.82, 2.24) is 4.98 Å². The van der Waals surface area contributed by atoms with E-state index < -0.39 is 190 Å². The second-order valence-corrected chi connectivity index (χ2v) is 48.0. The Morgan fingerprint density at radius 2 is 0.893 bits per heavy atom. The molecular formula is C97H61Br2Cl8F8N3O23S8. The van der Waals surface area contributed by atoms with Crippen LogP contribution in [0.25, 0.3) is 52.2 Å². The molecule has 0 aliphatic carbocycles. The highest BCUT2D eigenvalue weighted by Crippen LogP contribution is 2.48. The molecule has 149 heavy (non-hydrogen) atoms. The average molecular weight is 2490 g/mol. The lowest BCUT2D eigenvalue weighted by Crippen LogP contribution is -2.36. The number of methoxy groups -OCH3 is 1. The highest BCUT2D eigenvalue weighted by molar-refractivity contribution is 9.10. The molecule has 3 aromatic heterocycles. The van der Waals surface area contributed by atoms with Crippen molar-refractivity contribution in [3.63, 3.8) is 0 Å². The molecule has 0 fully saturated rings. The van der Waals surface area contributed by atoms with Gasteiger partial charge in [-0.15, -0.1) is 66.3 Å². The number of carboxylic acids is 2. The number of thiazole rings is 1. The first-order valence-electron chi connectivity index (χ1n) is 40.9. The fraction of sp³-hybridized carbons (Fsp3) is 0.0722. The van der Waals surface area contributed by atoms with E-state index in [1.807, 2.05) is 24.3 Å². The number of anilines is 2. The highest BCUT2D eigenvalue weighted by atomic mass is 79.9. The highest BCUT2D eigenvalue weighted by Gasteiger charge is 2.40. The number of nitrogens with zero attached hydrogens (tertiary/aromatic N) is 2. The third kappa shape index (κ3) is 28.7. The number of phenols is 5. The molecule has 13 aromatic carbocycles.